The number of aliphatic hydroxyl groups excluding tert-OH is 1. The maximum Gasteiger partial charge on any atom is 0.472 e. The molecule has 0 fully saturated rings. The molecule has 3 atom stereocenters. The zero-order valence-electron chi connectivity index (χ0n) is 37.4. The van der Waals surface area contributed by atoms with Crippen molar-refractivity contribution in [3.63, 3.8) is 0 Å². The SMILES string of the molecule is CCCCCCC/C=C\C/C=C\C/C=C\CCCCCCCCCCCCCCCCCCC(=O)NC(COP(=O)(O)OCC[N+](C)(C)C)C(O)CCCCC. The van der Waals surface area contributed by atoms with Gasteiger partial charge < -0.3 is 19.8 Å². The van der Waals surface area contributed by atoms with Gasteiger partial charge in [-0.2, -0.15) is 0 Å². The van der Waals surface area contributed by atoms with E-state index in [1.165, 1.54) is 128 Å². The summed E-state index contributed by atoms with van der Waals surface area (Å²) in [4.78, 5) is 22.8. The Kier molecular flexibility index (Phi) is 38.3. The first-order chi connectivity index (χ1) is 27.0. The normalized spacial score (nSPS) is 14.6. The van der Waals surface area contributed by atoms with Crippen LogP contribution in [0.2, 0.25) is 0 Å². The molecule has 0 saturated heterocycles. The van der Waals surface area contributed by atoms with Crippen LogP contribution < -0.4 is 5.32 Å². The molecule has 0 heterocycles. The Balaban J connectivity index is 3.77. The molecule has 0 aromatic carbocycles. The number of nitrogens with one attached hydrogen (secondary N) is 1. The smallest absolute Gasteiger partial charge is 0.391 e. The molecule has 0 aliphatic rings. The second kappa shape index (κ2) is 39.2. The lowest BCUT2D eigenvalue weighted by molar-refractivity contribution is -0.870. The summed E-state index contributed by atoms with van der Waals surface area (Å²) in [5.74, 6) is -0.156. The molecular formula is C47H92N2O6P+. The largest absolute Gasteiger partial charge is 0.472 e. The minimum absolute atomic E-state index is 0.0732. The van der Waals surface area contributed by atoms with Crippen LogP contribution in [0.25, 0.3) is 0 Å². The number of hydrogen-bond acceptors (Lipinski definition) is 5. The van der Waals surface area contributed by atoms with Gasteiger partial charge in [0.25, 0.3) is 0 Å². The molecule has 3 unspecified atom stereocenters. The number of likely N-dealkylation sites (N-methyl/N-ethyl adjacent to an activating group) is 1. The van der Waals surface area contributed by atoms with E-state index in [2.05, 4.69) is 55.6 Å². The molecule has 0 radical (unpaired) electrons. The first-order valence-corrected chi connectivity index (χ1v) is 24.8. The number of phosphoric acid groups is 1. The molecule has 9 heteroatoms. The molecule has 8 nitrogen and oxygen atoms in total. The van der Waals surface area contributed by atoms with E-state index in [4.69, 9.17) is 9.05 Å². The Morgan fingerprint density at radius 1 is 0.607 bits per heavy atom. The minimum atomic E-state index is -4.29. The molecule has 0 aromatic rings. The van der Waals surface area contributed by atoms with Gasteiger partial charge in [-0.25, -0.2) is 4.57 Å². The van der Waals surface area contributed by atoms with Gasteiger partial charge in [0.2, 0.25) is 5.91 Å². The predicted molar refractivity (Wildman–Crippen MR) is 240 cm³/mol. The summed E-state index contributed by atoms with van der Waals surface area (Å²) in [5.41, 5.74) is 0. The number of quaternary nitrogens is 1. The maximum absolute atomic E-state index is 12.7. The van der Waals surface area contributed by atoms with Crippen LogP contribution in [0.1, 0.15) is 206 Å². The zero-order chi connectivity index (χ0) is 41.4. The number of amides is 1. The molecule has 0 bridgehead atoms. The van der Waals surface area contributed by atoms with Gasteiger partial charge in [0, 0.05) is 6.42 Å². The lowest BCUT2D eigenvalue weighted by Gasteiger charge is -2.26. The fourth-order valence-electron chi connectivity index (χ4n) is 6.64. The van der Waals surface area contributed by atoms with E-state index in [0.29, 0.717) is 23.9 Å². The number of unbranched alkanes of at least 4 members (excludes halogenated alkanes) is 23. The Morgan fingerprint density at radius 3 is 1.48 bits per heavy atom. The van der Waals surface area contributed by atoms with Crippen LogP contribution in [0.3, 0.4) is 0 Å². The van der Waals surface area contributed by atoms with Crippen LogP contribution in [0.5, 0.6) is 0 Å². The monoisotopic (exact) mass is 812 g/mol. The van der Waals surface area contributed by atoms with E-state index in [9.17, 15) is 19.4 Å². The molecule has 0 aliphatic heterocycles. The molecule has 3 N–H and O–H groups in total. The van der Waals surface area contributed by atoms with Gasteiger partial charge in [0.05, 0.1) is 39.9 Å². The summed E-state index contributed by atoms with van der Waals surface area (Å²) in [5, 5.41) is 13.6. The Morgan fingerprint density at radius 2 is 1.02 bits per heavy atom. The average Bonchev–Trinajstić information content (AvgIpc) is 3.15. The van der Waals surface area contributed by atoms with Crippen LogP contribution in [-0.2, 0) is 18.4 Å². The predicted octanol–water partition coefficient (Wildman–Crippen LogP) is 13.1. The fourth-order valence-corrected chi connectivity index (χ4v) is 7.38. The summed E-state index contributed by atoms with van der Waals surface area (Å²) in [6, 6.07) is -0.755. The highest BCUT2D eigenvalue weighted by Crippen LogP contribution is 2.43. The van der Waals surface area contributed by atoms with Crippen molar-refractivity contribution in [1.82, 2.24) is 5.32 Å². The summed E-state index contributed by atoms with van der Waals surface area (Å²) in [7, 11) is 1.61. The molecule has 56 heavy (non-hydrogen) atoms. The second-order valence-electron chi connectivity index (χ2n) is 17.1. The number of allylic oxidation sites excluding steroid dienone is 6. The van der Waals surface area contributed by atoms with Gasteiger partial charge in [0.1, 0.15) is 13.2 Å². The van der Waals surface area contributed by atoms with Crippen LogP contribution >= 0.6 is 7.82 Å². The number of phosphoric ester groups is 1. The maximum atomic E-state index is 12.7. The van der Waals surface area contributed by atoms with E-state index in [0.717, 1.165) is 51.4 Å². The van der Waals surface area contributed by atoms with Gasteiger partial charge in [0.15, 0.2) is 0 Å². The van der Waals surface area contributed by atoms with Gasteiger partial charge in [-0.3, -0.25) is 13.8 Å². The first kappa shape index (κ1) is 54.7. The standard InChI is InChI=1S/C47H91N2O6P/c1-6-8-10-11-12-13-14-15-16-17-18-19-20-21-22-23-24-25-26-27-28-29-30-31-32-33-34-35-36-37-39-41-47(51)48-45(46(50)40-38-9-7-2)44-55-56(52,53)54-43-42-49(3,4)5/h14-15,17-18,20-21,45-46,50H,6-13,16,19,22-44H2,1-5H3,(H-,48,51,52,53)/p+1/b15-14-,18-17-,21-20-. The van der Waals surface area contributed by atoms with Crippen molar-refractivity contribution in [1.29, 1.82) is 0 Å². The van der Waals surface area contributed by atoms with E-state index in [1.54, 1.807) is 0 Å². The third-order valence-electron chi connectivity index (χ3n) is 10.4. The molecule has 0 spiro atoms. The highest BCUT2D eigenvalue weighted by molar-refractivity contribution is 7.47. The quantitative estimate of drug-likeness (QED) is 0.0245. The Bertz CT molecular complexity index is 1010. The minimum Gasteiger partial charge on any atom is -0.391 e. The lowest BCUT2D eigenvalue weighted by atomic mass is 10.0. The van der Waals surface area contributed by atoms with E-state index >= 15 is 0 Å². The first-order valence-electron chi connectivity index (χ1n) is 23.4. The molecule has 1 amide bonds. The summed E-state index contributed by atoms with van der Waals surface area (Å²) < 4.78 is 23.3. The number of hydrogen-bond donors (Lipinski definition) is 3. The number of carbonyl (C=O) groups excluding carboxylic acids is 1. The highest BCUT2D eigenvalue weighted by atomic mass is 31.2. The molecule has 0 aliphatic carbocycles. The average molecular weight is 812 g/mol. The fraction of sp³-hybridized carbons (Fsp3) is 0.851. The summed E-state index contributed by atoms with van der Waals surface area (Å²) in [6.07, 6.45) is 48.5. The molecular weight excluding hydrogens is 719 g/mol. The van der Waals surface area contributed by atoms with Crippen molar-refractivity contribution in [2.24, 2.45) is 0 Å². The van der Waals surface area contributed by atoms with E-state index in [1.807, 2.05) is 21.1 Å². The molecule has 0 saturated carbocycles. The van der Waals surface area contributed by atoms with Crippen molar-refractivity contribution in [3.05, 3.63) is 36.5 Å². The van der Waals surface area contributed by atoms with Gasteiger partial charge in [-0.05, 0) is 51.4 Å². The lowest BCUT2D eigenvalue weighted by Crippen LogP contribution is -2.46. The zero-order valence-corrected chi connectivity index (χ0v) is 38.3. The van der Waals surface area contributed by atoms with Crippen molar-refractivity contribution in [2.75, 3.05) is 40.9 Å². The van der Waals surface area contributed by atoms with Gasteiger partial charge in [-0.15, -0.1) is 0 Å². The Labute approximate surface area is 347 Å². The van der Waals surface area contributed by atoms with Crippen LogP contribution in [0.15, 0.2) is 36.5 Å². The number of rotatable bonds is 42. The topological polar surface area (TPSA) is 105 Å². The third kappa shape index (κ3) is 40.9. The van der Waals surface area contributed by atoms with Crippen LogP contribution in [-0.4, -0.2) is 73.4 Å². The molecule has 0 aromatic heterocycles. The van der Waals surface area contributed by atoms with Crippen molar-refractivity contribution in [3.8, 4) is 0 Å². The van der Waals surface area contributed by atoms with Crippen LogP contribution in [0.4, 0.5) is 0 Å². The van der Waals surface area contributed by atoms with Crippen molar-refractivity contribution < 1.29 is 32.9 Å². The second-order valence-corrected chi connectivity index (χ2v) is 18.6. The number of aliphatic hydroxyl groups is 1. The van der Waals surface area contributed by atoms with Crippen molar-refractivity contribution >= 4 is 13.7 Å². The van der Waals surface area contributed by atoms with E-state index in [-0.39, 0.29) is 19.1 Å². The highest BCUT2D eigenvalue weighted by Gasteiger charge is 2.28. The molecule has 0 rings (SSSR count). The van der Waals surface area contributed by atoms with E-state index < -0.39 is 20.0 Å². The van der Waals surface area contributed by atoms with Crippen LogP contribution in [0, 0.1) is 0 Å². The summed E-state index contributed by atoms with van der Waals surface area (Å²) >= 11 is 0. The third-order valence-corrected chi connectivity index (χ3v) is 11.4. The number of carbonyl (C=O) groups is 1. The Hall–Kier alpha value is -1.28. The van der Waals surface area contributed by atoms with Gasteiger partial charge in [-0.1, -0.05) is 185 Å². The number of nitrogens with zero attached hydrogens (tertiary/aromatic N) is 1. The van der Waals surface area contributed by atoms with Gasteiger partial charge >= 0.3 is 7.82 Å². The summed E-state index contributed by atoms with van der Waals surface area (Å²) in [6.45, 7) is 4.71. The molecule has 330 valence electrons. The van der Waals surface area contributed by atoms with Crippen molar-refractivity contribution in [2.45, 2.75) is 219 Å².